The van der Waals surface area contributed by atoms with Crippen LogP contribution in [0.2, 0.25) is 0 Å². The monoisotopic (exact) mass is 182 g/mol. The second kappa shape index (κ2) is 4.82. The van der Waals surface area contributed by atoms with E-state index < -0.39 is 0 Å². The third-order valence-electron chi connectivity index (χ3n) is 1.84. The van der Waals surface area contributed by atoms with E-state index in [2.05, 4.69) is 0 Å². The zero-order valence-electron chi connectivity index (χ0n) is 7.69. The van der Waals surface area contributed by atoms with Crippen LogP contribution in [0.15, 0.2) is 23.8 Å². The number of rotatable bonds is 4. The maximum absolute atomic E-state index is 11.1. The third kappa shape index (κ3) is 2.70. The van der Waals surface area contributed by atoms with Crippen molar-refractivity contribution in [3.63, 3.8) is 0 Å². The van der Waals surface area contributed by atoms with E-state index in [9.17, 15) is 4.79 Å². The van der Waals surface area contributed by atoms with E-state index >= 15 is 0 Å². The van der Waals surface area contributed by atoms with Crippen molar-refractivity contribution in [3.05, 3.63) is 23.8 Å². The van der Waals surface area contributed by atoms with Crippen molar-refractivity contribution in [1.29, 1.82) is 0 Å². The number of carbonyl (C=O) groups excluding carboxylic acids is 1. The Morgan fingerprint density at radius 3 is 3.08 bits per heavy atom. The van der Waals surface area contributed by atoms with Gasteiger partial charge in [0.15, 0.2) is 0 Å². The molecule has 1 rings (SSSR count). The first-order chi connectivity index (χ1) is 6.27. The predicted octanol–water partition coefficient (Wildman–Crippen LogP) is 1.19. The van der Waals surface area contributed by atoms with E-state index in [-0.39, 0.29) is 18.7 Å². The standard InChI is InChI=1S/C10H14O3/c1-2-4-9-7-8(5-3-6-11)10(12)13-9/h3,5,7,9,11H,2,4,6H2,1H3. The molecule has 0 radical (unpaired) electrons. The molecule has 1 atom stereocenters. The van der Waals surface area contributed by atoms with Crippen molar-refractivity contribution in [1.82, 2.24) is 0 Å². The minimum atomic E-state index is -0.289. The Hall–Kier alpha value is -1.09. The highest BCUT2D eigenvalue weighted by Crippen LogP contribution is 2.18. The fraction of sp³-hybridized carbons (Fsp3) is 0.500. The summed E-state index contributed by atoms with van der Waals surface area (Å²) in [7, 11) is 0. The summed E-state index contributed by atoms with van der Waals surface area (Å²) in [5.41, 5.74) is 0.549. The van der Waals surface area contributed by atoms with E-state index in [1.807, 2.05) is 6.92 Å². The zero-order valence-corrected chi connectivity index (χ0v) is 7.69. The van der Waals surface area contributed by atoms with Crippen LogP contribution in [0.25, 0.3) is 0 Å². The van der Waals surface area contributed by atoms with Gasteiger partial charge in [-0.2, -0.15) is 0 Å². The highest BCUT2D eigenvalue weighted by atomic mass is 16.5. The molecule has 0 aliphatic carbocycles. The summed E-state index contributed by atoms with van der Waals surface area (Å²) >= 11 is 0. The Balaban J connectivity index is 2.57. The van der Waals surface area contributed by atoms with Gasteiger partial charge in [0, 0.05) is 0 Å². The number of aliphatic hydroxyl groups excluding tert-OH is 1. The van der Waals surface area contributed by atoms with Crippen LogP contribution in [0.5, 0.6) is 0 Å². The van der Waals surface area contributed by atoms with Gasteiger partial charge in [0.1, 0.15) is 6.10 Å². The predicted molar refractivity (Wildman–Crippen MR) is 49.1 cm³/mol. The minimum absolute atomic E-state index is 0.0525. The second-order valence-electron chi connectivity index (χ2n) is 2.94. The maximum Gasteiger partial charge on any atom is 0.338 e. The van der Waals surface area contributed by atoms with Gasteiger partial charge in [-0.05, 0) is 18.6 Å². The molecule has 3 heteroatoms. The molecule has 0 fully saturated rings. The van der Waals surface area contributed by atoms with Crippen LogP contribution in [-0.2, 0) is 9.53 Å². The maximum atomic E-state index is 11.1. The van der Waals surface area contributed by atoms with Gasteiger partial charge in [-0.3, -0.25) is 0 Å². The molecular formula is C10H14O3. The third-order valence-corrected chi connectivity index (χ3v) is 1.84. The molecule has 1 unspecified atom stereocenters. The van der Waals surface area contributed by atoms with Crippen LogP contribution in [0.4, 0.5) is 0 Å². The van der Waals surface area contributed by atoms with E-state index in [0.29, 0.717) is 5.57 Å². The fourth-order valence-electron chi connectivity index (χ4n) is 1.24. The molecule has 0 saturated heterocycles. The van der Waals surface area contributed by atoms with Gasteiger partial charge in [-0.15, -0.1) is 0 Å². The van der Waals surface area contributed by atoms with Gasteiger partial charge >= 0.3 is 5.97 Å². The molecule has 0 spiro atoms. The van der Waals surface area contributed by atoms with Gasteiger partial charge in [-0.1, -0.05) is 19.4 Å². The molecule has 0 aromatic rings. The summed E-state index contributed by atoms with van der Waals surface area (Å²) in [6.07, 6.45) is 6.71. The number of hydrogen-bond donors (Lipinski definition) is 1. The van der Waals surface area contributed by atoms with Crippen molar-refractivity contribution >= 4 is 5.97 Å². The van der Waals surface area contributed by atoms with Crippen LogP contribution in [0, 0.1) is 0 Å². The summed E-state index contributed by atoms with van der Waals surface area (Å²) in [5, 5.41) is 8.52. The van der Waals surface area contributed by atoms with Gasteiger partial charge < -0.3 is 9.84 Å². The molecule has 0 amide bonds. The Kier molecular flexibility index (Phi) is 3.71. The van der Waals surface area contributed by atoms with Gasteiger partial charge in [0.05, 0.1) is 12.2 Å². The largest absolute Gasteiger partial charge is 0.455 e. The fourth-order valence-corrected chi connectivity index (χ4v) is 1.24. The number of ether oxygens (including phenoxy) is 1. The SMILES string of the molecule is CCCC1C=C(C=CCO)C(=O)O1. The minimum Gasteiger partial charge on any atom is -0.455 e. The van der Waals surface area contributed by atoms with E-state index in [1.165, 1.54) is 6.08 Å². The number of carbonyl (C=O) groups is 1. The summed E-state index contributed by atoms with van der Waals surface area (Å²) < 4.78 is 5.05. The first kappa shape index (κ1) is 9.99. The van der Waals surface area contributed by atoms with Crippen molar-refractivity contribution in [2.75, 3.05) is 6.61 Å². The second-order valence-corrected chi connectivity index (χ2v) is 2.94. The van der Waals surface area contributed by atoms with Crippen molar-refractivity contribution < 1.29 is 14.6 Å². The van der Waals surface area contributed by atoms with E-state index in [4.69, 9.17) is 9.84 Å². The topological polar surface area (TPSA) is 46.5 Å². The summed E-state index contributed by atoms with van der Waals surface area (Å²) in [6, 6.07) is 0. The quantitative estimate of drug-likeness (QED) is 0.664. The normalized spacial score (nSPS) is 22.2. The lowest BCUT2D eigenvalue weighted by atomic mass is 10.1. The van der Waals surface area contributed by atoms with Crippen molar-refractivity contribution in [3.8, 4) is 0 Å². The van der Waals surface area contributed by atoms with Gasteiger partial charge in [-0.25, -0.2) is 4.79 Å². The highest BCUT2D eigenvalue weighted by molar-refractivity contribution is 5.93. The van der Waals surface area contributed by atoms with Crippen LogP contribution in [0.1, 0.15) is 19.8 Å². The van der Waals surface area contributed by atoms with Crippen LogP contribution >= 0.6 is 0 Å². The molecule has 1 heterocycles. The number of aliphatic hydroxyl groups is 1. The molecule has 3 nitrogen and oxygen atoms in total. The van der Waals surface area contributed by atoms with Crippen molar-refractivity contribution in [2.24, 2.45) is 0 Å². The lowest BCUT2D eigenvalue weighted by Crippen LogP contribution is -2.07. The van der Waals surface area contributed by atoms with E-state index in [1.54, 1.807) is 12.2 Å². The van der Waals surface area contributed by atoms with Gasteiger partial charge in [0.25, 0.3) is 0 Å². The Bertz CT molecular complexity index is 241. The number of esters is 1. The Morgan fingerprint density at radius 1 is 1.69 bits per heavy atom. The molecule has 0 bridgehead atoms. The first-order valence-electron chi connectivity index (χ1n) is 4.48. The molecule has 0 aromatic carbocycles. The summed E-state index contributed by atoms with van der Waals surface area (Å²) in [5.74, 6) is -0.289. The average molecular weight is 182 g/mol. The van der Waals surface area contributed by atoms with E-state index in [0.717, 1.165) is 12.8 Å². The number of cyclic esters (lactones) is 1. The highest BCUT2D eigenvalue weighted by Gasteiger charge is 2.22. The summed E-state index contributed by atoms with van der Waals surface area (Å²) in [4.78, 5) is 11.1. The molecule has 13 heavy (non-hydrogen) atoms. The molecule has 72 valence electrons. The zero-order chi connectivity index (χ0) is 9.68. The molecule has 1 aliphatic heterocycles. The molecule has 0 saturated carbocycles. The molecular weight excluding hydrogens is 168 g/mol. The van der Waals surface area contributed by atoms with Crippen molar-refractivity contribution in [2.45, 2.75) is 25.9 Å². The summed E-state index contributed by atoms with van der Waals surface area (Å²) in [6.45, 7) is 1.99. The average Bonchev–Trinajstić information content (AvgIpc) is 2.44. The number of hydrogen-bond acceptors (Lipinski definition) is 3. The smallest absolute Gasteiger partial charge is 0.338 e. The van der Waals surface area contributed by atoms with Crippen LogP contribution in [0.3, 0.4) is 0 Å². The van der Waals surface area contributed by atoms with Crippen LogP contribution in [-0.4, -0.2) is 23.8 Å². The Morgan fingerprint density at radius 2 is 2.46 bits per heavy atom. The lowest BCUT2D eigenvalue weighted by molar-refractivity contribution is -0.139. The van der Waals surface area contributed by atoms with Crippen LogP contribution < -0.4 is 0 Å². The first-order valence-corrected chi connectivity index (χ1v) is 4.48. The van der Waals surface area contributed by atoms with Gasteiger partial charge in [0.2, 0.25) is 0 Å². The lowest BCUT2D eigenvalue weighted by Gasteiger charge is -2.04. The molecule has 0 aromatic heterocycles. The molecule has 1 N–H and O–H groups in total. The molecule has 1 aliphatic rings. The Labute approximate surface area is 77.7 Å².